The zero-order valence-corrected chi connectivity index (χ0v) is 16.3. The van der Waals surface area contributed by atoms with Gasteiger partial charge in [0.05, 0.1) is 11.2 Å². The molecule has 0 radical (unpaired) electrons. The topological polar surface area (TPSA) is 36.4 Å². The molecule has 3 heterocycles. The number of hydrogen-bond donors (Lipinski definition) is 0. The van der Waals surface area contributed by atoms with Crippen LogP contribution in [0.15, 0.2) is 30.3 Å². The van der Waals surface area contributed by atoms with Crippen molar-refractivity contribution in [2.24, 2.45) is 0 Å². The summed E-state index contributed by atoms with van der Waals surface area (Å²) in [6, 6.07) is 10.2. The molecule has 2 saturated heterocycles. The molecule has 2 aliphatic rings. The first-order valence-corrected chi connectivity index (χ1v) is 9.99. The average Bonchev–Trinajstić information content (AvgIpc) is 3.00. The monoisotopic (exact) mass is 371 g/mol. The van der Waals surface area contributed by atoms with Crippen molar-refractivity contribution in [1.82, 2.24) is 14.8 Å². The van der Waals surface area contributed by atoms with Gasteiger partial charge in [0.2, 0.25) is 5.91 Å². The molecule has 0 saturated carbocycles. The Labute approximate surface area is 160 Å². The number of rotatable bonds is 3. The number of nitrogens with zero attached hydrogens (tertiary/aromatic N) is 3. The van der Waals surface area contributed by atoms with E-state index in [9.17, 15) is 4.79 Å². The molecule has 1 atom stereocenters. The van der Waals surface area contributed by atoms with Gasteiger partial charge in [0.15, 0.2) is 0 Å². The number of likely N-dealkylation sites (tertiary alicyclic amines) is 2. The van der Waals surface area contributed by atoms with Crippen molar-refractivity contribution in [2.75, 3.05) is 13.1 Å². The van der Waals surface area contributed by atoms with Gasteiger partial charge in [-0.25, -0.2) is 0 Å². The smallest absolute Gasteiger partial charge is 0.243 e. The molecule has 0 N–H and O–H groups in total. The van der Waals surface area contributed by atoms with Crippen LogP contribution in [0.3, 0.4) is 0 Å². The van der Waals surface area contributed by atoms with Gasteiger partial charge in [0, 0.05) is 29.5 Å². The number of carbonyl (C=O) groups excluding carboxylic acids is 1. The van der Waals surface area contributed by atoms with Crippen molar-refractivity contribution in [3.63, 3.8) is 0 Å². The second kappa shape index (κ2) is 6.82. The maximum absolute atomic E-state index is 13.3. The van der Waals surface area contributed by atoms with Gasteiger partial charge in [0.25, 0.3) is 0 Å². The van der Waals surface area contributed by atoms with Gasteiger partial charge in [-0.2, -0.15) is 0 Å². The standard InChI is InChI=1S/C21H26ClN3O/c1-15(2)25-12-4-10-21(20(25)26)9-3-11-24(21)14-18-7-5-16-13-17(22)6-8-19(16)23-18/h5-8,13,15H,3-4,9-12,14H2,1-2H3. The summed E-state index contributed by atoms with van der Waals surface area (Å²) in [5.74, 6) is 0.323. The minimum Gasteiger partial charge on any atom is -0.339 e. The number of piperidine rings is 1. The van der Waals surface area contributed by atoms with E-state index in [1.807, 2.05) is 18.2 Å². The summed E-state index contributed by atoms with van der Waals surface area (Å²) < 4.78 is 0. The number of amides is 1. The summed E-state index contributed by atoms with van der Waals surface area (Å²) in [5, 5.41) is 1.78. The average molecular weight is 372 g/mol. The Morgan fingerprint density at radius 3 is 2.69 bits per heavy atom. The lowest BCUT2D eigenvalue weighted by molar-refractivity contribution is -0.149. The zero-order chi connectivity index (χ0) is 18.3. The lowest BCUT2D eigenvalue weighted by Gasteiger charge is -2.46. The van der Waals surface area contributed by atoms with E-state index in [1.54, 1.807) is 0 Å². The fraction of sp³-hybridized carbons (Fsp3) is 0.524. The van der Waals surface area contributed by atoms with E-state index in [0.29, 0.717) is 5.91 Å². The second-order valence-electron chi connectivity index (χ2n) is 7.89. The molecule has 1 aromatic heterocycles. The largest absolute Gasteiger partial charge is 0.339 e. The molecule has 138 valence electrons. The maximum Gasteiger partial charge on any atom is 0.243 e. The van der Waals surface area contributed by atoms with Crippen LogP contribution in [0, 0.1) is 0 Å². The third-order valence-corrected chi connectivity index (χ3v) is 6.19. The number of benzene rings is 1. The molecule has 1 aromatic carbocycles. The number of aromatic nitrogens is 1. The van der Waals surface area contributed by atoms with Crippen molar-refractivity contribution >= 4 is 28.4 Å². The van der Waals surface area contributed by atoms with Gasteiger partial charge >= 0.3 is 0 Å². The van der Waals surface area contributed by atoms with Crippen molar-refractivity contribution < 1.29 is 4.79 Å². The summed E-state index contributed by atoms with van der Waals surface area (Å²) >= 11 is 6.07. The Kier molecular flexibility index (Phi) is 4.66. The third kappa shape index (κ3) is 2.99. The SMILES string of the molecule is CC(C)N1CCCC2(CCCN2Cc2ccc3cc(Cl)ccc3n2)C1=O. The first kappa shape index (κ1) is 17.7. The normalized spacial score (nSPS) is 24.3. The summed E-state index contributed by atoms with van der Waals surface area (Å²) in [6.45, 7) is 6.83. The van der Waals surface area contributed by atoms with Crippen LogP contribution in [0.25, 0.3) is 10.9 Å². The Balaban J connectivity index is 1.61. The van der Waals surface area contributed by atoms with Crippen LogP contribution in [0.1, 0.15) is 45.2 Å². The fourth-order valence-electron chi connectivity index (χ4n) is 4.62. The van der Waals surface area contributed by atoms with Crippen LogP contribution in [-0.2, 0) is 11.3 Å². The van der Waals surface area contributed by atoms with E-state index < -0.39 is 0 Å². The molecule has 4 rings (SSSR count). The number of halogens is 1. The molecular formula is C21H26ClN3O. The molecule has 1 spiro atoms. The number of pyridine rings is 1. The molecule has 2 aromatic rings. The van der Waals surface area contributed by atoms with E-state index in [1.165, 1.54) is 0 Å². The molecule has 0 bridgehead atoms. The van der Waals surface area contributed by atoms with Crippen molar-refractivity contribution in [3.8, 4) is 0 Å². The van der Waals surface area contributed by atoms with Crippen molar-refractivity contribution in [1.29, 1.82) is 0 Å². The van der Waals surface area contributed by atoms with E-state index in [2.05, 4.69) is 35.8 Å². The van der Waals surface area contributed by atoms with Crippen LogP contribution in [-0.4, -0.2) is 45.4 Å². The Hall–Kier alpha value is -1.65. The van der Waals surface area contributed by atoms with Gasteiger partial charge in [-0.1, -0.05) is 17.7 Å². The molecule has 1 amide bonds. The van der Waals surface area contributed by atoms with Crippen LogP contribution in [0.2, 0.25) is 5.02 Å². The van der Waals surface area contributed by atoms with Crippen LogP contribution < -0.4 is 0 Å². The first-order valence-electron chi connectivity index (χ1n) is 9.61. The molecule has 0 aliphatic carbocycles. The highest BCUT2D eigenvalue weighted by Crippen LogP contribution is 2.39. The molecule has 2 aliphatic heterocycles. The number of carbonyl (C=O) groups is 1. The van der Waals surface area contributed by atoms with Crippen LogP contribution in [0.5, 0.6) is 0 Å². The van der Waals surface area contributed by atoms with Gasteiger partial charge in [-0.05, 0) is 70.3 Å². The van der Waals surface area contributed by atoms with Crippen molar-refractivity contribution in [2.45, 2.75) is 57.7 Å². The molecule has 2 fully saturated rings. The zero-order valence-electron chi connectivity index (χ0n) is 15.5. The minimum atomic E-state index is -0.320. The predicted octanol–water partition coefficient (Wildman–Crippen LogP) is 4.25. The molecule has 26 heavy (non-hydrogen) atoms. The molecular weight excluding hydrogens is 346 g/mol. The highest BCUT2D eigenvalue weighted by Gasteiger charge is 2.51. The summed E-state index contributed by atoms with van der Waals surface area (Å²) in [5.41, 5.74) is 1.66. The Morgan fingerprint density at radius 2 is 1.92 bits per heavy atom. The Morgan fingerprint density at radius 1 is 1.15 bits per heavy atom. The Bertz CT molecular complexity index is 837. The summed E-state index contributed by atoms with van der Waals surface area (Å²) in [4.78, 5) is 22.6. The second-order valence-corrected chi connectivity index (χ2v) is 8.33. The first-order chi connectivity index (χ1) is 12.5. The minimum absolute atomic E-state index is 0.269. The predicted molar refractivity (Wildman–Crippen MR) is 105 cm³/mol. The van der Waals surface area contributed by atoms with Crippen molar-refractivity contribution in [3.05, 3.63) is 41.0 Å². The highest BCUT2D eigenvalue weighted by atomic mass is 35.5. The number of hydrogen-bond acceptors (Lipinski definition) is 3. The lowest BCUT2D eigenvalue weighted by atomic mass is 9.84. The summed E-state index contributed by atoms with van der Waals surface area (Å²) in [7, 11) is 0. The van der Waals surface area contributed by atoms with Gasteiger partial charge in [-0.15, -0.1) is 0 Å². The van der Waals surface area contributed by atoms with Crippen LogP contribution >= 0.6 is 11.6 Å². The van der Waals surface area contributed by atoms with E-state index in [4.69, 9.17) is 16.6 Å². The fourth-order valence-corrected chi connectivity index (χ4v) is 4.80. The number of fused-ring (bicyclic) bond motifs is 1. The highest BCUT2D eigenvalue weighted by molar-refractivity contribution is 6.31. The maximum atomic E-state index is 13.3. The van der Waals surface area contributed by atoms with Gasteiger partial charge in [-0.3, -0.25) is 14.7 Å². The molecule has 4 nitrogen and oxygen atoms in total. The van der Waals surface area contributed by atoms with E-state index in [0.717, 1.165) is 66.9 Å². The molecule has 1 unspecified atom stereocenters. The van der Waals surface area contributed by atoms with Crippen LogP contribution in [0.4, 0.5) is 0 Å². The van der Waals surface area contributed by atoms with E-state index >= 15 is 0 Å². The quantitative estimate of drug-likeness (QED) is 0.809. The lowest BCUT2D eigenvalue weighted by Crippen LogP contribution is -2.61. The summed E-state index contributed by atoms with van der Waals surface area (Å²) in [6.07, 6.45) is 4.11. The molecule has 5 heteroatoms. The van der Waals surface area contributed by atoms with Gasteiger partial charge in [0.1, 0.15) is 5.54 Å². The van der Waals surface area contributed by atoms with E-state index in [-0.39, 0.29) is 11.6 Å². The third-order valence-electron chi connectivity index (χ3n) is 5.96. The van der Waals surface area contributed by atoms with Gasteiger partial charge < -0.3 is 4.90 Å².